The number of hydrogen-bond acceptors (Lipinski definition) is 5. The Hall–Kier alpha value is -1.33. The van der Waals surface area contributed by atoms with Crippen molar-refractivity contribution in [3.8, 4) is 16.3 Å². The number of anilines is 1. The zero-order valence-corrected chi connectivity index (χ0v) is 11.8. The van der Waals surface area contributed by atoms with Gasteiger partial charge in [-0.3, -0.25) is 0 Å². The third-order valence-electron chi connectivity index (χ3n) is 2.35. The van der Waals surface area contributed by atoms with Crippen molar-refractivity contribution in [2.24, 2.45) is 0 Å². The highest BCUT2D eigenvalue weighted by atomic mass is 35.5. The van der Waals surface area contributed by atoms with E-state index >= 15 is 0 Å². The Morgan fingerprint density at radius 3 is 2.94 bits per heavy atom. The van der Waals surface area contributed by atoms with Gasteiger partial charge in [0.15, 0.2) is 0 Å². The second kappa shape index (κ2) is 6.02. The summed E-state index contributed by atoms with van der Waals surface area (Å²) in [6.45, 7) is 3.01. The highest BCUT2D eigenvalue weighted by molar-refractivity contribution is 7.18. The summed E-state index contributed by atoms with van der Waals surface area (Å²) in [6.07, 6.45) is 1.06. The van der Waals surface area contributed by atoms with Crippen LogP contribution in [0.5, 0.6) is 5.75 Å². The molecule has 0 aliphatic carbocycles. The van der Waals surface area contributed by atoms with Gasteiger partial charge in [0.25, 0.3) is 0 Å². The molecule has 1 aromatic carbocycles. The smallest absolute Gasteiger partial charge is 0.206 e. The third-order valence-corrected chi connectivity index (χ3v) is 3.59. The molecule has 0 saturated carbocycles. The number of hydrogen-bond donors (Lipinski definition) is 1. The lowest BCUT2D eigenvalue weighted by molar-refractivity contribution is 0.415. The molecule has 4 nitrogen and oxygen atoms in total. The van der Waals surface area contributed by atoms with Gasteiger partial charge in [0, 0.05) is 12.1 Å². The number of ether oxygens (including phenoxy) is 1. The maximum atomic E-state index is 5.99. The fourth-order valence-electron chi connectivity index (χ4n) is 1.44. The Morgan fingerprint density at radius 1 is 1.39 bits per heavy atom. The van der Waals surface area contributed by atoms with Crippen molar-refractivity contribution >= 4 is 28.1 Å². The van der Waals surface area contributed by atoms with Crippen LogP contribution in [0.4, 0.5) is 5.13 Å². The van der Waals surface area contributed by atoms with E-state index in [1.807, 2.05) is 12.1 Å². The van der Waals surface area contributed by atoms with Crippen LogP contribution >= 0.6 is 22.9 Å². The van der Waals surface area contributed by atoms with Gasteiger partial charge in [0.1, 0.15) is 10.8 Å². The fourth-order valence-corrected chi connectivity index (χ4v) is 2.40. The van der Waals surface area contributed by atoms with E-state index < -0.39 is 0 Å². The molecular formula is C12H14ClN3OS. The number of halogens is 1. The first-order valence-electron chi connectivity index (χ1n) is 5.66. The van der Waals surface area contributed by atoms with Gasteiger partial charge in [-0.2, -0.15) is 0 Å². The number of methoxy groups -OCH3 is 1. The van der Waals surface area contributed by atoms with Crippen molar-refractivity contribution in [3.05, 3.63) is 23.2 Å². The van der Waals surface area contributed by atoms with E-state index in [0.29, 0.717) is 10.8 Å². The van der Waals surface area contributed by atoms with Crippen LogP contribution in [0.2, 0.25) is 5.02 Å². The average molecular weight is 284 g/mol. The van der Waals surface area contributed by atoms with Crippen LogP contribution < -0.4 is 10.1 Å². The quantitative estimate of drug-likeness (QED) is 0.909. The Bertz CT molecular complexity index is 530. The first kappa shape index (κ1) is 13.1. The number of benzene rings is 1. The van der Waals surface area contributed by atoms with Crippen LogP contribution in [-0.4, -0.2) is 23.9 Å². The average Bonchev–Trinajstić information content (AvgIpc) is 2.85. The summed E-state index contributed by atoms with van der Waals surface area (Å²) in [5.74, 6) is 0.646. The molecule has 2 rings (SSSR count). The standard InChI is InChI=1S/C12H14ClN3OS/c1-3-6-14-12-16-15-11(18-12)8-4-5-9(13)10(7-8)17-2/h4-5,7H,3,6H2,1-2H3,(H,14,16). The summed E-state index contributed by atoms with van der Waals surface area (Å²) < 4.78 is 5.19. The predicted octanol–water partition coefficient (Wildman–Crippen LogP) is 3.69. The molecule has 18 heavy (non-hydrogen) atoms. The molecule has 0 amide bonds. The molecule has 0 saturated heterocycles. The summed E-state index contributed by atoms with van der Waals surface area (Å²) in [5.41, 5.74) is 0.957. The summed E-state index contributed by atoms with van der Waals surface area (Å²) in [5, 5.41) is 13.7. The minimum Gasteiger partial charge on any atom is -0.495 e. The van der Waals surface area contributed by atoms with Crippen LogP contribution in [0.3, 0.4) is 0 Å². The van der Waals surface area contributed by atoms with Crippen LogP contribution in [0, 0.1) is 0 Å². The maximum Gasteiger partial charge on any atom is 0.206 e. The zero-order chi connectivity index (χ0) is 13.0. The van der Waals surface area contributed by atoms with Crippen molar-refractivity contribution in [2.45, 2.75) is 13.3 Å². The van der Waals surface area contributed by atoms with Gasteiger partial charge in [0.05, 0.1) is 12.1 Å². The summed E-state index contributed by atoms with van der Waals surface area (Å²) in [7, 11) is 1.60. The van der Waals surface area contributed by atoms with Gasteiger partial charge in [-0.15, -0.1) is 10.2 Å². The summed E-state index contributed by atoms with van der Waals surface area (Å²) >= 11 is 7.51. The van der Waals surface area contributed by atoms with E-state index in [0.717, 1.165) is 28.7 Å². The minimum atomic E-state index is 0.593. The van der Waals surface area contributed by atoms with Crippen LogP contribution in [0.1, 0.15) is 13.3 Å². The Labute approximate surface area is 115 Å². The van der Waals surface area contributed by atoms with E-state index in [4.69, 9.17) is 16.3 Å². The molecule has 1 aromatic heterocycles. The predicted molar refractivity (Wildman–Crippen MR) is 75.7 cm³/mol. The second-order valence-corrected chi connectivity index (χ2v) is 5.07. The van der Waals surface area contributed by atoms with Gasteiger partial charge in [-0.05, 0) is 18.6 Å². The SMILES string of the molecule is CCCNc1nnc(-c2ccc(Cl)c(OC)c2)s1. The third kappa shape index (κ3) is 2.91. The molecule has 0 fully saturated rings. The lowest BCUT2D eigenvalue weighted by atomic mass is 10.2. The van der Waals surface area contributed by atoms with Gasteiger partial charge in [0.2, 0.25) is 5.13 Å². The van der Waals surface area contributed by atoms with Crippen LogP contribution in [0.25, 0.3) is 10.6 Å². The number of rotatable bonds is 5. The van der Waals surface area contributed by atoms with E-state index in [9.17, 15) is 0 Å². The van der Waals surface area contributed by atoms with Crippen molar-refractivity contribution in [2.75, 3.05) is 19.0 Å². The first-order chi connectivity index (χ1) is 8.74. The van der Waals surface area contributed by atoms with Crippen LogP contribution in [0.15, 0.2) is 18.2 Å². The Morgan fingerprint density at radius 2 is 2.22 bits per heavy atom. The van der Waals surface area contributed by atoms with E-state index in [-0.39, 0.29) is 0 Å². The van der Waals surface area contributed by atoms with E-state index in [1.165, 1.54) is 11.3 Å². The highest BCUT2D eigenvalue weighted by Gasteiger charge is 2.09. The topological polar surface area (TPSA) is 47.0 Å². The fraction of sp³-hybridized carbons (Fsp3) is 0.333. The highest BCUT2D eigenvalue weighted by Crippen LogP contribution is 2.32. The molecule has 6 heteroatoms. The van der Waals surface area contributed by atoms with Gasteiger partial charge in [-0.1, -0.05) is 35.9 Å². The lowest BCUT2D eigenvalue weighted by Crippen LogP contribution is -1.98. The maximum absolute atomic E-state index is 5.99. The molecule has 0 bridgehead atoms. The molecule has 2 aromatic rings. The van der Waals surface area contributed by atoms with Crippen molar-refractivity contribution in [1.82, 2.24) is 10.2 Å². The van der Waals surface area contributed by atoms with Crippen LogP contribution in [-0.2, 0) is 0 Å². The largest absolute Gasteiger partial charge is 0.495 e. The van der Waals surface area contributed by atoms with Gasteiger partial charge < -0.3 is 10.1 Å². The summed E-state index contributed by atoms with van der Waals surface area (Å²) in [6, 6.07) is 5.58. The molecule has 1 N–H and O–H groups in total. The van der Waals surface area contributed by atoms with Crippen molar-refractivity contribution in [3.63, 3.8) is 0 Å². The minimum absolute atomic E-state index is 0.593. The van der Waals surface area contributed by atoms with Crippen molar-refractivity contribution in [1.29, 1.82) is 0 Å². The molecule has 0 atom stereocenters. The van der Waals surface area contributed by atoms with Gasteiger partial charge in [-0.25, -0.2) is 0 Å². The molecule has 0 unspecified atom stereocenters. The Balaban J connectivity index is 2.23. The lowest BCUT2D eigenvalue weighted by Gasteiger charge is -2.03. The zero-order valence-electron chi connectivity index (χ0n) is 10.2. The van der Waals surface area contributed by atoms with E-state index in [2.05, 4.69) is 22.4 Å². The molecule has 96 valence electrons. The number of nitrogens with zero attached hydrogens (tertiary/aromatic N) is 2. The molecular weight excluding hydrogens is 270 g/mol. The molecule has 1 heterocycles. The second-order valence-electron chi connectivity index (χ2n) is 3.69. The normalized spacial score (nSPS) is 10.4. The summed E-state index contributed by atoms with van der Waals surface area (Å²) in [4.78, 5) is 0. The number of aromatic nitrogens is 2. The monoisotopic (exact) mass is 283 g/mol. The molecule has 0 spiro atoms. The first-order valence-corrected chi connectivity index (χ1v) is 6.85. The van der Waals surface area contributed by atoms with Crippen molar-refractivity contribution < 1.29 is 4.74 Å². The molecule has 0 aliphatic rings. The van der Waals surface area contributed by atoms with E-state index in [1.54, 1.807) is 13.2 Å². The Kier molecular flexibility index (Phi) is 4.38. The molecule has 0 aliphatic heterocycles. The van der Waals surface area contributed by atoms with Gasteiger partial charge >= 0.3 is 0 Å². The number of nitrogens with one attached hydrogen (secondary N) is 1. The molecule has 0 radical (unpaired) electrons.